The molecule has 0 aliphatic heterocycles. The van der Waals surface area contributed by atoms with Gasteiger partial charge in [0.05, 0.1) is 11.4 Å². The lowest BCUT2D eigenvalue weighted by Gasteiger charge is -2.16. The number of hydrogen-bond acceptors (Lipinski definition) is 4. The van der Waals surface area contributed by atoms with Crippen molar-refractivity contribution in [3.8, 4) is 0 Å². The van der Waals surface area contributed by atoms with Gasteiger partial charge in [-0.1, -0.05) is 6.07 Å². The number of carbonyl (C=O) groups is 1. The third kappa shape index (κ3) is 4.55. The Morgan fingerprint density at radius 2 is 1.79 bits per heavy atom. The molecule has 0 bridgehead atoms. The Labute approximate surface area is 165 Å². The van der Waals surface area contributed by atoms with Crippen LogP contribution in [0.5, 0.6) is 0 Å². The smallest absolute Gasteiger partial charge is 0.261 e. The number of thiophene rings is 1. The fourth-order valence-electron chi connectivity index (χ4n) is 2.47. The average Bonchev–Trinajstić information content (AvgIpc) is 3.16. The van der Waals surface area contributed by atoms with E-state index in [2.05, 4.69) is 4.72 Å². The van der Waals surface area contributed by atoms with Crippen molar-refractivity contribution in [1.82, 2.24) is 4.90 Å². The maximum Gasteiger partial charge on any atom is 0.261 e. The minimum Gasteiger partial charge on any atom is -0.337 e. The first-order valence-electron chi connectivity index (χ1n) is 8.12. The molecule has 0 aliphatic carbocycles. The van der Waals surface area contributed by atoms with Crippen LogP contribution in [0, 0.1) is 11.6 Å². The van der Waals surface area contributed by atoms with E-state index in [-0.39, 0.29) is 11.6 Å². The Balaban J connectivity index is 1.71. The summed E-state index contributed by atoms with van der Waals surface area (Å²) in [4.78, 5) is 14.7. The highest BCUT2D eigenvalue weighted by molar-refractivity contribution is 7.92. The number of nitrogens with zero attached hydrogens (tertiary/aromatic N) is 1. The first kappa shape index (κ1) is 20.0. The SMILES string of the molecule is CN(Cc1cccs1)C(=O)c1ccc(NS(=O)(=O)c2ccc(F)c(F)c2)cc1. The lowest BCUT2D eigenvalue weighted by molar-refractivity contribution is 0.0786. The second kappa shape index (κ2) is 8.07. The summed E-state index contributed by atoms with van der Waals surface area (Å²) < 4.78 is 53.1. The molecule has 0 spiro atoms. The summed E-state index contributed by atoms with van der Waals surface area (Å²) in [6.07, 6.45) is 0. The maximum atomic E-state index is 13.3. The van der Waals surface area contributed by atoms with Gasteiger partial charge in [0.2, 0.25) is 0 Å². The standard InChI is InChI=1S/C19H16F2N2O3S2/c1-23(12-15-3-2-10-27-15)19(24)13-4-6-14(7-5-13)22-28(25,26)16-8-9-17(20)18(21)11-16/h2-11,22H,12H2,1H3. The third-order valence-electron chi connectivity index (χ3n) is 3.91. The Morgan fingerprint density at radius 1 is 1.07 bits per heavy atom. The van der Waals surface area contributed by atoms with Crippen molar-refractivity contribution in [3.05, 3.63) is 82.1 Å². The van der Waals surface area contributed by atoms with Crippen molar-refractivity contribution in [1.29, 1.82) is 0 Å². The number of halogens is 2. The highest BCUT2D eigenvalue weighted by Gasteiger charge is 2.17. The molecular formula is C19H16F2N2O3S2. The van der Waals surface area contributed by atoms with Crippen LogP contribution in [0.3, 0.4) is 0 Å². The number of benzene rings is 2. The van der Waals surface area contributed by atoms with E-state index in [0.29, 0.717) is 18.2 Å². The number of anilines is 1. The van der Waals surface area contributed by atoms with Gasteiger partial charge in [0.1, 0.15) is 0 Å². The van der Waals surface area contributed by atoms with Crippen LogP contribution in [-0.2, 0) is 16.6 Å². The fraction of sp³-hybridized carbons (Fsp3) is 0.105. The molecule has 3 aromatic rings. The number of carbonyl (C=O) groups excluding carboxylic acids is 1. The average molecular weight is 422 g/mol. The minimum atomic E-state index is -4.09. The highest BCUT2D eigenvalue weighted by Crippen LogP contribution is 2.20. The molecule has 9 heteroatoms. The molecule has 0 atom stereocenters. The predicted molar refractivity (Wildman–Crippen MR) is 104 cm³/mol. The molecule has 0 unspecified atom stereocenters. The zero-order valence-electron chi connectivity index (χ0n) is 14.7. The monoisotopic (exact) mass is 422 g/mol. The minimum absolute atomic E-state index is 0.196. The Kier molecular flexibility index (Phi) is 5.76. The lowest BCUT2D eigenvalue weighted by Crippen LogP contribution is -2.25. The molecule has 0 saturated heterocycles. The van der Waals surface area contributed by atoms with E-state index in [1.807, 2.05) is 17.5 Å². The molecule has 1 heterocycles. The zero-order valence-corrected chi connectivity index (χ0v) is 16.4. The summed E-state index contributed by atoms with van der Waals surface area (Å²) in [5.74, 6) is -2.59. The number of amides is 1. The second-order valence-electron chi connectivity index (χ2n) is 6.00. The Morgan fingerprint density at radius 3 is 2.39 bits per heavy atom. The van der Waals surface area contributed by atoms with Crippen molar-refractivity contribution >= 4 is 33.0 Å². The molecular weight excluding hydrogens is 406 g/mol. The van der Waals surface area contributed by atoms with Gasteiger partial charge in [-0.3, -0.25) is 9.52 Å². The van der Waals surface area contributed by atoms with Crippen molar-refractivity contribution < 1.29 is 22.0 Å². The van der Waals surface area contributed by atoms with Crippen molar-refractivity contribution in [2.75, 3.05) is 11.8 Å². The van der Waals surface area contributed by atoms with Crippen LogP contribution in [0.4, 0.5) is 14.5 Å². The first-order valence-corrected chi connectivity index (χ1v) is 10.5. The largest absolute Gasteiger partial charge is 0.337 e. The van der Waals surface area contributed by atoms with E-state index in [1.165, 1.54) is 24.3 Å². The van der Waals surface area contributed by atoms with E-state index in [4.69, 9.17) is 0 Å². The molecule has 2 aromatic carbocycles. The predicted octanol–water partition coefficient (Wildman–Crippen LogP) is 4.10. The van der Waals surface area contributed by atoms with E-state index >= 15 is 0 Å². The van der Waals surface area contributed by atoms with Gasteiger partial charge in [0.15, 0.2) is 11.6 Å². The van der Waals surface area contributed by atoms with Crippen LogP contribution in [0.2, 0.25) is 0 Å². The summed E-state index contributed by atoms with van der Waals surface area (Å²) >= 11 is 1.55. The van der Waals surface area contributed by atoms with Crippen molar-refractivity contribution in [3.63, 3.8) is 0 Å². The third-order valence-corrected chi connectivity index (χ3v) is 6.15. The van der Waals surface area contributed by atoms with Crippen molar-refractivity contribution in [2.24, 2.45) is 0 Å². The topological polar surface area (TPSA) is 66.5 Å². The molecule has 5 nitrogen and oxygen atoms in total. The van der Waals surface area contributed by atoms with Gasteiger partial charge in [-0.2, -0.15) is 0 Å². The van der Waals surface area contributed by atoms with E-state index < -0.39 is 26.6 Å². The van der Waals surface area contributed by atoms with Gasteiger partial charge >= 0.3 is 0 Å². The maximum absolute atomic E-state index is 13.3. The molecule has 3 rings (SSSR count). The van der Waals surface area contributed by atoms with Crippen LogP contribution in [0.25, 0.3) is 0 Å². The molecule has 1 amide bonds. The van der Waals surface area contributed by atoms with Crippen molar-refractivity contribution in [2.45, 2.75) is 11.4 Å². The number of rotatable bonds is 6. The highest BCUT2D eigenvalue weighted by atomic mass is 32.2. The number of sulfonamides is 1. The normalized spacial score (nSPS) is 11.2. The fourth-order valence-corrected chi connectivity index (χ4v) is 4.29. The summed E-state index contributed by atoms with van der Waals surface area (Å²) in [5, 5.41) is 1.93. The summed E-state index contributed by atoms with van der Waals surface area (Å²) in [6, 6.07) is 12.0. The van der Waals surface area contributed by atoms with Crippen LogP contribution >= 0.6 is 11.3 Å². The van der Waals surface area contributed by atoms with Crippen LogP contribution in [0.15, 0.2) is 64.9 Å². The summed E-state index contributed by atoms with van der Waals surface area (Å²) in [6.45, 7) is 0.473. The first-order chi connectivity index (χ1) is 13.3. The number of hydrogen-bond donors (Lipinski definition) is 1. The Hall–Kier alpha value is -2.78. The molecule has 1 N–H and O–H groups in total. The molecule has 0 radical (unpaired) electrons. The van der Waals surface area contributed by atoms with Crippen LogP contribution < -0.4 is 4.72 Å². The van der Waals surface area contributed by atoms with E-state index in [1.54, 1.807) is 23.3 Å². The molecule has 146 valence electrons. The van der Waals surface area contributed by atoms with Gasteiger partial charge in [-0.15, -0.1) is 11.3 Å². The van der Waals surface area contributed by atoms with Gasteiger partial charge in [0.25, 0.3) is 15.9 Å². The number of nitrogens with one attached hydrogen (secondary N) is 1. The summed E-state index contributed by atoms with van der Waals surface area (Å²) in [7, 11) is -2.40. The zero-order chi connectivity index (χ0) is 20.3. The van der Waals surface area contributed by atoms with Gasteiger partial charge in [-0.25, -0.2) is 17.2 Å². The van der Waals surface area contributed by atoms with E-state index in [9.17, 15) is 22.0 Å². The second-order valence-corrected chi connectivity index (χ2v) is 8.71. The van der Waals surface area contributed by atoms with E-state index in [0.717, 1.165) is 17.0 Å². The molecule has 0 saturated carbocycles. The molecule has 28 heavy (non-hydrogen) atoms. The van der Waals surface area contributed by atoms with Gasteiger partial charge < -0.3 is 4.90 Å². The van der Waals surface area contributed by atoms with Crippen LogP contribution in [-0.4, -0.2) is 26.3 Å². The Bertz CT molecular complexity index is 1080. The molecule has 1 aromatic heterocycles. The van der Waals surface area contributed by atoms with Gasteiger partial charge in [-0.05, 0) is 53.9 Å². The molecule has 0 fully saturated rings. The van der Waals surface area contributed by atoms with Gasteiger partial charge in [0, 0.05) is 23.2 Å². The van der Waals surface area contributed by atoms with Crippen LogP contribution in [0.1, 0.15) is 15.2 Å². The quantitative estimate of drug-likeness (QED) is 0.650. The lowest BCUT2D eigenvalue weighted by atomic mass is 10.2. The summed E-state index contributed by atoms with van der Waals surface area (Å²) in [5.41, 5.74) is 0.594. The molecule has 0 aliphatic rings.